The summed E-state index contributed by atoms with van der Waals surface area (Å²) in [5.74, 6) is -1.88. The second-order valence-electron chi connectivity index (χ2n) is 14.4. The molecule has 0 bridgehead atoms. The fourth-order valence-corrected chi connectivity index (χ4v) is 8.33. The number of aliphatic hydroxyl groups excluding tert-OH is 1. The van der Waals surface area contributed by atoms with Gasteiger partial charge in [-0.1, -0.05) is 49.4 Å². The van der Waals surface area contributed by atoms with Crippen molar-refractivity contribution in [3.63, 3.8) is 0 Å². The Hall–Kier alpha value is -4.98. The number of nitrogens with zero attached hydrogens (tertiary/aromatic N) is 4. The summed E-state index contributed by atoms with van der Waals surface area (Å²) in [4.78, 5) is 60.0. The van der Waals surface area contributed by atoms with Gasteiger partial charge < -0.3 is 34.2 Å². The topological polar surface area (TPSA) is 149 Å². The lowest BCUT2D eigenvalue weighted by Crippen LogP contribution is -2.46. The summed E-state index contributed by atoms with van der Waals surface area (Å²) in [6, 6.07) is 22.2. The molecular formula is C39H44N4O9. The van der Waals surface area contributed by atoms with E-state index in [9.17, 15) is 24.6 Å². The number of rotatable bonds is 11. The molecule has 2 N–H and O–H groups in total. The van der Waals surface area contributed by atoms with Gasteiger partial charge >= 0.3 is 12.2 Å². The SMILES string of the molecule is C[C@H]1[C@H](C(C)(C)O)[C@@H](CC(=O)N(CCO)Cc2ccccc2)O[C@]12C(=O)N(Cc1ccc(N3CCOC3=O)cc1)c1ccc(N3CCOC3=O)cc12. The van der Waals surface area contributed by atoms with Crippen molar-refractivity contribution in [2.75, 3.05) is 54.2 Å². The Balaban J connectivity index is 1.24. The van der Waals surface area contributed by atoms with E-state index in [0.717, 1.165) is 11.1 Å². The Bertz CT molecular complexity index is 1850. The second kappa shape index (κ2) is 13.9. The van der Waals surface area contributed by atoms with Crippen molar-refractivity contribution in [1.82, 2.24) is 4.90 Å². The van der Waals surface area contributed by atoms with Crippen LogP contribution in [0.25, 0.3) is 0 Å². The van der Waals surface area contributed by atoms with Gasteiger partial charge in [-0.2, -0.15) is 0 Å². The minimum Gasteiger partial charge on any atom is -0.447 e. The van der Waals surface area contributed by atoms with Gasteiger partial charge in [0.2, 0.25) is 5.91 Å². The average molecular weight is 713 g/mol. The number of anilines is 3. The molecule has 1 spiro atoms. The van der Waals surface area contributed by atoms with E-state index in [-0.39, 0.29) is 51.1 Å². The summed E-state index contributed by atoms with van der Waals surface area (Å²) in [6.45, 7) is 6.89. The van der Waals surface area contributed by atoms with Crippen LogP contribution in [0.1, 0.15) is 43.9 Å². The summed E-state index contributed by atoms with van der Waals surface area (Å²) in [5, 5.41) is 21.5. The van der Waals surface area contributed by atoms with Crippen LogP contribution in [-0.2, 0) is 42.5 Å². The quantitative estimate of drug-likeness (QED) is 0.299. The molecule has 7 rings (SSSR count). The third-order valence-corrected chi connectivity index (χ3v) is 10.7. The fourth-order valence-electron chi connectivity index (χ4n) is 8.33. The molecule has 0 radical (unpaired) electrons. The molecule has 13 heteroatoms. The number of aliphatic hydroxyl groups is 2. The number of cyclic esters (lactones) is 2. The van der Waals surface area contributed by atoms with Crippen LogP contribution in [0.3, 0.4) is 0 Å². The maximum Gasteiger partial charge on any atom is 0.414 e. The van der Waals surface area contributed by atoms with E-state index >= 15 is 4.79 Å². The molecule has 3 fully saturated rings. The number of hydrogen-bond donors (Lipinski definition) is 2. The van der Waals surface area contributed by atoms with E-state index in [1.807, 2.05) is 61.5 Å². The Morgan fingerprint density at radius 2 is 1.54 bits per heavy atom. The number of carbonyl (C=O) groups is 4. The van der Waals surface area contributed by atoms with E-state index in [1.165, 1.54) is 4.90 Å². The predicted octanol–water partition coefficient (Wildman–Crippen LogP) is 4.18. The van der Waals surface area contributed by atoms with E-state index in [0.29, 0.717) is 42.3 Å². The van der Waals surface area contributed by atoms with E-state index in [4.69, 9.17) is 14.2 Å². The summed E-state index contributed by atoms with van der Waals surface area (Å²) in [6.07, 6.45) is -1.89. The number of carbonyl (C=O) groups excluding carboxylic acids is 4. The molecule has 4 atom stereocenters. The standard InChI is InChI=1S/C39H44N4O9/c1-25-34(38(2,3)49)32(22-33(45)40(15-18-44)23-26-7-5-4-6-8-26)52-39(25)30-21-29(42-17-20-51-37(42)48)13-14-31(30)43(35(39)46)24-27-9-11-28(12-10-27)41-16-19-50-36(41)47/h4-14,21,25,32,34,44,49H,15-20,22-24H2,1-3H3/t25-,32+,34-,39+/m0/s1. The first-order valence-electron chi connectivity index (χ1n) is 17.7. The van der Waals surface area contributed by atoms with Gasteiger partial charge in [-0.3, -0.25) is 19.4 Å². The van der Waals surface area contributed by atoms with Crippen LogP contribution in [0.2, 0.25) is 0 Å². The van der Waals surface area contributed by atoms with Crippen molar-refractivity contribution in [3.8, 4) is 0 Å². The lowest BCUT2D eigenvalue weighted by Gasteiger charge is -2.34. The first-order chi connectivity index (χ1) is 24.9. The van der Waals surface area contributed by atoms with Gasteiger partial charge in [0.1, 0.15) is 13.2 Å². The second-order valence-corrected chi connectivity index (χ2v) is 14.4. The Labute approximate surface area is 302 Å². The highest BCUT2D eigenvalue weighted by Crippen LogP contribution is 2.58. The first-order valence-corrected chi connectivity index (χ1v) is 17.7. The maximum absolute atomic E-state index is 15.0. The van der Waals surface area contributed by atoms with Crippen molar-refractivity contribution in [3.05, 3.63) is 89.5 Å². The molecule has 0 unspecified atom stereocenters. The summed E-state index contributed by atoms with van der Waals surface area (Å²) in [5.41, 5.74) is 1.12. The minimum absolute atomic E-state index is 0.108. The molecule has 52 heavy (non-hydrogen) atoms. The fraction of sp³-hybridized carbons (Fsp3) is 0.436. The molecule has 0 aliphatic carbocycles. The van der Waals surface area contributed by atoms with Crippen LogP contribution in [0.5, 0.6) is 0 Å². The van der Waals surface area contributed by atoms with E-state index in [1.54, 1.807) is 46.7 Å². The average Bonchev–Trinajstić information content (AvgIpc) is 3.87. The first kappa shape index (κ1) is 35.4. The zero-order valence-electron chi connectivity index (χ0n) is 29.6. The molecule has 3 aromatic rings. The van der Waals surface area contributed by atoms with Crippen LogP contribution < -0.4 is 14.7 Å². The Morgan fingerprint density at radius 3 is 2.13 bits per heavy atom. The number of amides is 4. The predicted molar refractivity (Wildman–Crippen MR) is 191 cm³/mol. The van der Waals surface area contributed by atoms with Gasteiger partial charge in [-0.15, -0.1) is 0 Å². The van der Waals surface area contributed by atoms with Crippen LogP contribution >= 0.6 is 0 Å². The normalized spacial score (nSPS) is 24.1. The van der Waals surface area contributed by atoms with E-state index in [2.05, 4.69) is 0 Å². The van der Waals surface area contributed by atoms with Gasteiger partial charge in [0.15, 0.2) is 5.60 Å². The lowest BCUT2D eigenvalue weighted by molar-refractivity contribution is -0.150. The van der Waals surface area contributed by atoms with Gasteiger partial charge in [-0.05, 0) is 55.3 Å². The smallest absolute Gasteiger partial charge is 0.414 e. The van der Waals surface area contributed by atoms with Crippen molar-refractivity contribution < 1.29 is 43.6 Å². The number of fused-ring (bicyclic) bond motifs is 2. The molecule has 3 aromatic carbocycles. The largest absolute Gasteiger partial charge is 0.447 e. The highest BCUT2D eigenvalue weighted by atomic mass is 16.6. The molecule has 13 nitrogen and oxygen atoms in total. The number of ether oxygens (including phenoxy) is 3. The third kappa shape index (κ3) is 6.26. The molecule has 0 aromatic heterocycles. The van der Waals surface area contributed by atoms with Crippen LogP contribution in [0.15, 0.2) is 72.8 Å². The maximum atomic E-state index is 15.0. The number of benzene rings is 3. The minimum atomic E-state index is -1.59. The van der Waals surface area contributed by atoms with Crippen LogP contribution in [0.4, 0.5) is 26.7 Å². The zero-order chi connectivity index (χ0) is 36.8. The highest BCUT2D eigenvalue weighted by molar-refractivity contribution is 6.08. The summed E-state index contributed by atoms with van der Waals surface area (Å²) >= 11 is 0. The van der Waals surface area contributed by atoms with Gasteiger partial charge in [0.05, 0.1) is 50.1 Å². The lowest BCUT2D eigenvalue weighted by atomic mass is 9.70. The van der Waals surface area contributed by atoms with Crippen molar-refractivity contribution in [2.24, 2.45) is 11.8 Å². The van der Waals surface area contributed by atoms with Crippen molar-refractivity contribution in [1.29, 1.82) is 0 Å². The third-order valence-electron chi connectivity index (χ3n) is 10.7. The molecule has 274 valence electrons. The molecule has 3 saturated heterocycles. The summed E-state index contributed by atoms with van der Waals surface area (Å²) in [7, 11) is 0. The Kier molecular flexibility index (Phi) is 9.45. The summed E-state index contributed by atoms with van der Waals surface area (Å²) < 4.78 is 17.2. The Morgan fingerprint density at radius 1 is 0.904 bits per heavy atom. The van der Waals surface area contributed by atoms with Gasteiger partial charge in [-0.25, -0.2) is 9.59 Å². The number of hydrogen-bond acceptors (Lipinski definition) is 9. The molecular weight excluding hydrogens is 668 g/mol. The molecule has 4 aliphatic rings. The molecule has 4 amide bonds. The highest BCUT2D eigenvalue weighted by Gasteiger charge is 2.66. The van der Waals surface area contributed by atoms with Gasteiger partial charge in [0.25, 0.3) is 5.91 Å². The molecule has 0 saturated carbocycles. The van der Waals surface area contributed by atoms with Crippen LogP contribution in [0, 0.1) is 11.8 Å². The van der Waals surface area contributed by atoms with Gasteiger partial charge in [0, 0.05) is 41.9 Å². The zero-order valence-corrected chi connectivity index (χ0v) is 29.6. The van der Waals surface area contributed by atoms with Crippen molar-refractivity contribution >= 4 is 41.1 Å². The van der Waals surface area contributed by atoms with E-state index < -0.39 is 41.3 Å². The van der Waals surface area contributed by atoms with Crippen LogP contribution in [-0.4, -0.2) is 90.3 Å². The molecule has 4 aliphatic heterocycles. The van der Waals surface area contributed by atoms with Crippen molar-refractivity contribution in [2.45, 2.75) is 57.6 Å². The molecule has 4 heterocycles. The monoisotopic (exact) mass is 712 g/mol.